The first kappa shape index (κ1) is 14.4. The van der Waals surface area contributed by atoms with E-state index in [1.807, 2.05) is 20.8 Å². The van der Waals surface area contributed by atoms with Crippen molar-refractivity contribution in [1.82, 2.24) is 4.98 Å². The van der Waals surface area contributed by atoms with Crippen LogP contribution in [0.1, 0.15) is 43.2 Å². The molecule has 1 N–H and O–H groups in total. The van der Waals surface area contributed by atoms with Crippen LogP contribution in [0.5, 0.6) is 0 Å². The summed E-state index contributed by atoms with van der Waals surface area (Å²) in [5.74, 6) is 0.189. The Morgan fingerprint density at radius 3 is 2.65 bits per heavy atom. The Balaban J connectivity index is 2.26. The Bertz CT molecular complexity index is 528. The minimum atomic E-state index is -0.549. The van der Waals surface area contributed by atoms with Crippen molar-refractivity contribution >= 4 is 17.9 Å². The van der Waals surface area contributed by atoms with Gasteiger partial charge in [0, 0.05) is 6.54 Å². The summed E-state index contributed by atoms with van der Waals surface area (Å²) in [4.78, 5) is 28.2. The summed E-state index contributed by atoms with van der Waals surface area (Å²) in [6, 6.07) is 1.73. The monoisotopic (exact) mass is 280 g/mol. The van der Waals surface area contributed by atoms with Gasteiger partial charge in [0.05, 0.1) is 7.11 Å². The number of carbonyl (C=O) groups excluding carboxylic acids is 2. The number of aromatic nitrogens is 1. The summed E-state index contributed by atoms with van der Waals surface area (Å²) in [7, 11) is 1.33. The maximum absolute atomic E-state index is 12.2. The molecular formula is C14H20N2O4. The second-order valence-electron chi connectivity index (χ2n) is 5.78. The average molecular weight is 280 g/mol. The first-order chi connectivity index (χ1) is 9.31. The van der Waals surface area contributed by atoms with Crippen LogP contribution in [0.25, 0.3) is 0 Å². The molecular weight excluding hydrogens is 260 g/mol. The van der Waals surface area contributed by atoms with Crippen molar-refractivity contribution in [2.75, 3.05) is 18.6 Å². The quantitative estimate of drug-likeness (QED) is 0.802. The molecule has 0 radical (unpaired) electrons. The number of anilines is 1. The fourth-order valence-electron chi connectivity index (χ4n) is 2.18. The van der Waals surface area contributed by atoms with Crippen LogP contribution < -0.4 is 4.90 Å². The molecule has 0 atom stereocenters. The summed E-state index contributed by atoms with van der Waals surface area (Å²) in [6.07, 6.45) is 1.25. The smallest absolute Gasteiger partial charge is 0.415 e. The molecule has 0 spiro atoms. The van der Waals surface area contributed by atoms with E-state index in [4.69, 9.17) is 4.74 Å². The van der Waals surface area contributed by atoms with Gasteiger partial charge < -0.3 is 14.5 Å². The van der Waals surface area contributed by atoms with Crippen molar-refractivity contribution in [3.05, 3.63) is 17.3 Å². The third-order valence-corrected chi connectivity index (χ3v) is 2.99. The largest absolute Gasteiger partial charge is 0.464 e. The molecule has 0 unspecified atom stereocenters. The number of hydrogen-bond donors (Lipinski definition) is 1. The van der Waals surface area contributed by atoms with E-state index >= 15 is 0 Å². The van der Waals surface area contributed by atoms with Gasteiger partial charge >= 0.3 is 12.1 Å². The van der Waals surface area contributed by atoms with Gasteiger partial charge in [-0.15, -0.1) is 0 Å². The highest BCUT2D eigenvalue weighted by atomic mass is 16.6. The Hall–Kier alpha value is -1.98. The minimum absolute atomic E-state index is 0.355. The molecule has 110 valence electrons. The summed E-state index contributed by atoms with van der Waals surface area (Å²) in [6.45, 7) is 6.04. The number of methoxy groups -OCH3 is 1. The zero-order valence-electron chi connectivity index (χ0n) is 12.3. The molecule has 20 heavy (non-hydrogen) atoms. The molecule has 0 bridgehead atoms. The van der Waals surface area contributed by atoms with Gasteiger partial charge in [-0.25, -0.2) is 9.59 Å². The number of carbonyl (C=O) groups is 2. The van der Waals surface area contributed by atoms with Gasteiger partial charge in [-0.1, -0.05) is 0 Å². The molecule has 1 aromatic heterocycles. The Morgan fingerprint density at radius 1 is 1.35 bits per heavy atom. The van der Waals surface area contributed by atoms with Crippen LogP contribution in [0.15, 0.2) is 6.07 Å². The van der Waals surface area contributed by atoms with E-state index in [2.05, 4.69) is 9.72 Å². The minimum Gasteiger partial charge on any atom is -0.464 e. The molecule has 0 aliphatic carbocycles. The zero-order chi connectivity index (χ0) is 14.9. The van der Waals surface area contributed by atoms with Crippen LogP contribution in [0.4, 0.5) is 10.6 Å². The number of H-pyrrole nitrogens is 1. The molecule has 1 aliphatic rings. The first-order valence-electron chi connectivity index (χ1n) is 6.62. The summed E-state index contributed by atoms with van der Waals surface area (Å²) < 4.78 is 10.1. The van der Waals surface area contributed by atoms with E-state index in [9.17, 15) is 9.59 Å². The molecule has 0 saturated carbocycles. The highest BCUT2D eigenvalue weighted by Crippen LogP contribution is 2.29. The van der Waals surface area contributed by atoms with Gasteiger partial charge in [0.1, 0.15) is 17.1 Å². The molecule has 1 aliphatic heterocycles. The molecule has 1 amide bonds. The lowest BCUT2D eigenvalue weighted by molar-refractivity contribution is 0.0568. The number of hydrogen-bond acceptors (Lipinski definition) is 4. The SMILES string of the molecule is COC(=O)c1cc2c([nH]1)N(C(=O)OC(C)(C)C)CCC2. The van der Waals surface area contributed by atoms with Gasteiger partial charge in [-0.05, 0) is 45.2 Å². The number of nitrogens with one attached hydrogen (secondary N) is 1. The average Bonchev–Trinajstić information content (AvgIpc) is 2.79. The van der Waals surface area contributed by atoms with E-state index < -0.39 is 17.7 Å². The lowest BCUT2D eigenvalue weighted by atomic mass is 10.1. The van der Waals surface area contributed by atoms with Gasteiger partial charge in [0.2, 0.25) is 0 Å². The van der Waals surface area contributed by atoms with Crippen LogP contribution in [0, 0.1) is 0 Å². The topological polar surface area (TPSA) is 71.6 Å². The van der Waals surface area contributed by atoms with E-state index in [0.29, 0.717) is 18.1 Å². The summed E-state index contributed by atoms with van der Waals surface area (Å²) >= 11 is 0. The predicted molar refractivity (Wildman–Crippen MR) is 74.0 cm³/mol. The number of rotatable bonds is 1. The fraction of sp³-hybridized carbons (Fsp3) is 0.571. The standard InChI is InChI=1S/C14H20N2O4/c1-14(2,3)20-13(18)16-7-5-6-9-8-10(12(17)19-4)15-11(9)16/h8,15H,5-7H2,1-4H3. The first-order valence-corrected chi connectivity index (χ1v) is 6.62. The van der Waals surface area contributed by atoms with Gasteiger partial charge in [0.15, 0.2) is 0 Å². The van der Waals surface area contributed by atoms with Gasteiger partial charge in [-0.2, -0.15) is 0 Å². The van der Waals surface area contributed by atoms with Crippen LogP contribution in [0.2, 0.25) is 0 Å². The van der Waals surface area contributed by atoms with Gasteiger partial charge in [-0.3, -0.25) is 4.90 Å². The maximum atomic E-state index is 12.2. The Labute approximate surface area is 118 Å². The maximum Gasteiger partial charge on any atom is 0.415 e. The van der Waals surface area contributed by atoms with Crippen LogP contribution in [0.3, 0.4) is 0 Å². The normalized spacial score (nSPS) is 14.7. The van der Waals surface area contributed by atoms with Crippen molar-refractivity contribution in [3.63, 3.8) is 0 Å². The van der Waals surface area contributed by atoms with Crippen LogP contribution >= 0.6 is 0 Å². The van der Waals surface area contributed by atoms with Crippen LogP contribution in [-0.4, -0.2) is 36.3 Å². The number of fused-ring (bicyclic) bond motifs is 1. The highest BCUT2D eigenvalue weighted by Gasteiger charge is 2.29. The Kier molecular flexibility index (Phi) is 3.74. The van der Waals surface area contributed by atoms with E-state index in [1.54, 1.807) is 6.07 Å². The van der Waals surface area contributed by atoms with Crippen molar-refractivity contribution in [2.45, 2.75) is 39.2 Å². The second-order valence-corrected chi connectivity index (χ2v) is 5.78. The van der Waals surface area contributed by atoms with E-state index in [1.165, 1.54) is 12.0 Å². The predicted octanol–water partition coefficient (Wildman–Crippen LogP) is 2.49. The van der Waals surface area contributed by atoms with Crippen molar-refractivity contribution in [2.24, 2.45) is 0 Å². The number of aromatic amines is 1. The van der Waals surface area contributed by atoms with Gasteiger partial charge in [0.25, 0.3) is 0 Å². The second kappa shape index (κ2) is 5.19. The molecule has 1 aromatic rings. The summed E-state index contributed by atoms with van der Waals surface area (Å²) in [5, 5.41) is 0. The Morgan fingerprint density at radius 2 is 2.05 bits per heavy atom. The number of nitrogens with zero attached hydrogens (tertiary/aromatic N) is 1. The number of esters is 1. The number of amides is 1. The summed E-state index contributed by atoms with van der Waals surface area (Å²) in [5.41, 5.74) is 0.738. The lowest BCUT2D eigenvalue weighted by Gasteiger charge is -2.29. The fourth-order valence-corrected chi connectivity index (χ4v) is 2.18. The molecule has 6 heteroatoms. The third-order valence-electron chi connectivity index (χ3n) is 2.99. The lowest BCUT2D eigenvalue weighted by Crippen LogP contribution is -2.39. The third kappa shape index (κ3) is 2.95. The molecule has 6 nitrogen and oxygen atoms in total. The highest BCUT2D eigenvalue weighted by molar-refractivity contribution is 5.93. The van der Waals surface area contributed by atoms with Crippen LogP contribution in [-0.2, 0) is 15.9 Å². The van der Waals surface area contributed by atoms with Crippen molar-refractivity contribution < 1.29 is 19.1 Å². The van der Waals surface area contributed by atoms with E-state index in [0.717, 1.165) is 18.4 Å². The van der Waals surface area contributed by atoms with Crippen molar-refractivity contribution in [1.29, 1.82) is 0 Å². The number of aryl methyl sites for hydroxylation is 1. The zero-order valence-corrected chi connectivity index (χ0v) is 12.3. The molecule has 0 fully saturated rings. The molecule has 0 saturated heterocycles. The van der Waals surface area contributed by atoms with E-state index in [-0.39, 0.29) is 0 Å². The van der Waals surface area contributed by atoms with Crippen molar-refractivity contribution in [3.8, 4) is 0 Å². The number of ether oxygens (including phenoxy) is 2. The molecule has 2 heterocycles. The molecule has 0 aromatic carbocycles. The molecule has 2 rings (SSSR count).